The van der Waals surface area contributed by atoms with E-state index in [-0.39, 0.29) is 17.7 Å². The summed E-state index contributed by atoms with van der Waals surface area (Å²) in [7, 11) is 1.69. The topological polar surface area (TPSA) is 85.4 Å². The highest BCUT2D eigenvalue weighted by Gasteiger charge is 2.23. The number of aromatic nitrogens is 3. The van der Waals surface area contributed by atoms with E-state index in [2.05, 4.69) is 37.1 Å². The van der Waals surface area contributed by atoms with E-state index in [0.29, 0.717) is 0 Å². The van der Waals surface area contributed by atoms with Gasteiger partial charge in [0.25, 0.3) is 5.91 Å². The van der Waals surface area contributed by atoms with Gasteiger partial charge in [-0.3, -0.25) is 9.69 Å². The first-order valence-corrected chi connectivity index (χ1v) is 10.4. The van der Waals surface area contributed by atoms with Crippen molar-refractivity contribution in [3.63, 3.8) is 0 Å². The lowest BCUT2D eigenvalue weighted by Gasteiger charge is -2.18. The number of nitrogens with one attached hydrogen (secondary N) is 1. The molecule has 1 N–H and O–H groups in total. The predicted molar refractivity (Wildman–Crippen MR) is 117 cm³/mol. The van der Waals surface area contributed by atoms with Gasteiger partial charge in [-0.2, -0.15) is 0 Å². The molecule has 162 valence electrons. The number of rotatable bonds is 7. The molecule has 3 heterocycles. The second-order valence-corrected chi connectivity index (χ2v) is 7.49. The molecule has 2 aromatic heterocycles. The zero-order valence-electron chi connectivity index (χ0n) is 17.8. The Kier molecular flexibility index (Phi) is 6.47. The van der Waals surface area contributed by atoms with Gasteiger partial charge in [0.05, 0.1) is 19.4 Å². The molecule has 1 aromatic carbocycles. The number of furan rings is 1. The van der Waals surface area contributed by atoms with E-state index >= 15 is 0 Å². The van der Waals surface area contributed by atoms with E-state index in [9.17, 15) is 4.79 Å². The molecule has 0 saturated carbocycles. The van der Waals surface area contributed by atoms with Crippen LogP contribution in [0.1, 0.15) is 40.7 Å². The molecule has 0 fully saturated rings. The Morgan fingerprint density at radius 1 is 1.23 bits per heavy atom. The van der Waals surface area contributed by atoms with Crippen LogP contribution in [0.5, 0.6) is 5.75 Å². The molecule has 8 nitrogen and oxygen atoms in total. The first-order chi connectivity index (χ1) is 15.2. The first kappa shape index (κ1) is 20.9. The number of ether oxygens (including phenoxy) is 1. The van der Waals surface area contributed by atoms with Crippen LogP contribution in [0, 0.1) is 0 Å². The monoisotopic (exact) mass is 421 g/mol. The normalized spacial score (nSPS) is 15.4. The number of nitrogens with zero attached hydrogens (tertiary/aromatic N) is 4. The Labute approximate surface area is 181 Å². The van der Waals surface area contributed by atoms with Gasteiger partial charge in [0.15, 0.2) is 11.6 Å². The van der Waals surface area contributed by atoms with E-state index in [1.807, 2.05) is 31.2 Å². The highest BCUT2D eigenvalue weighted by molar-refractivity contribution is 5.91. The largest absolute Gasteiger partial charge is 0.496 e. The number of methoxy groups -OCH3 is 1. The lowest BCUT2D eigenvalue weighted by atomic mass is 10.2. The van der Waals surface area contributed by atoms with Crippen molar-refractivity contribution >= 4 is 12.0 Å². The second kappa shape index (κ2) is 9.61. The average molecular weight is 422 g/mol. The SMILES string of the molecule is COc1ccccc1/C=C/CN1CCc2nnc(C(C)NC(=O)c3ccco3)n2CC1. The predicted octanol–water partition coefficient (Wildman–Crippen LogP) is 2.94. The summed E-state index contributed by atoms with van der Waals surface area (Å²) in [5.41, 5.74) is 1.07. The highest BCUT2D eigenvalue weighted by atomic mass is 16.5. The van der Waals surface area contributed by atoms with Crippen LogP contribution in [0.2, 0.25) is 0 Å². The molecule has 1 unspecified atom stereocenters. The summed E-state index contributed by atoms with van der Waals surface area (Å²) in [5, 5.41) is 11.6. The third-order valence-corrected chi connectivity index (χ3v) is 5.43. The van der Waals surface area contributed by atoms with Gasteiger partial charge in [-0.05, 0) is 25.1 Å². The van der Waals surface area contributed by atoms with E-state index in [0.717, 1.165) is 55.6 Å². The molecule has 8 heteroatoms. The summed E-state index contributed by atoms with van der Waals surface area (Å²) in [6.07, 6.45) is 6.56. The number of fused-ring (bicyclic) bond motifs is 1. The van der Waals surface area contributed by atoms with Gasteiger partial charge in [-0.25, -0.2) is 0 Å². The van der Waals surface area contributed by atoms with Crippen LogP contribution in [0.4, 0.5) is 0 Å². The zero-order valence-corrected chi connectivity index (χ0v) is 17.8. The van der Waals surface area contributed by atoms with Crippen molar-refractivity contribution in [2.45, 2.75) is 25.9 Å². The average Bonchev–Trinajstić information content (AvgIpc) is 3.42. The molecule has 1 aliphatic heterocycles. The number of hydrogen-bond acceptors (Lipinski definition) is 6. The summed E-state index contributed by atoms with van der Waals surface area (Å²) in [4.78, 5) is 14.7. The van der Waals surface area contributed by atoms with E-state index in [1.165, 1.54) is 6.26 Å². The Morgan fingerprint density at radius 2 is 2.10 bits per heavy atom. The summed E-state index contributed by atoms with van der Waals surface area (Å²) in [6.45, 7) is 5.32. The van der Waals surface area contributed by atoms with Crippen LogP contribution >= 0.6 is 0 Å². The van der Waals surface area contributed by atoms with Crippen LogP contribution in [0.15, 0.2) is 53.2 Å². The molecule has 1 aliphatic rings. The van der Waals surface area contributed by atoms with E-state index < -0.39 is 0 Å². The molecular formula is C23H27N5O3. The number of hydrogen-bond donors (Lipinski definition) is 1. The summed E-state index contributed by atoms with van der Waals surface area (Å²) < 4.78 is 12.7. The van der Waals surface area contributed by atoms with Gasteiger partial charge in [0, 0.05) is 38.2 Å². The number of para-hydroxylation sites is 1. The summed E-state index contributed by atoms with van der Waals surface area (Å²) in [6, 6.07) is 11.1. The molecule has 31 heavy (non-hydrogen) atoms. The van der Waals surface area contributed by atoms with Gasteiger partial charge in [0.1, 0.15) is 11.6 Å². The van der Waals surface area contributed by atoms with Crippen LogP contribution < -0.4 is 10.1 Å². The molecule has 0 saturated heterocycles. The molecule has 3 aromatic rings. The summed E-state index contributed by atoms with van der Waals surface area (Å²) >= 11 is 0. The van der Waals surface area contributed by atoms with Crippen molar-refractivity contribution in [3.05, 3.63) is 71.7 Å². The smallest absolute Gasteiger partial charge is 0.287 e. The van der Waals surface area contributed by atoms with Crippen molar-refractivity contribution in [1.82, 2.24) is 25.0 Å². The zero-order chi connectivity index (χ0) is 21.6. The maximum absolute atomic E-state index is 12.3. The fourth-order valence-corrected chi connectivity index (χ4v) is 3.76. The van der Waals surface area contributed by atoms with Crippen molar-refractivity contribution in [2.75, 3.05) is 26.7 Å². The van der Waals surface area contributed by atoms with E-state index in [1.54, 1.807) is 19.2 Å². The van der Waals surface area contributed by atoms with Gasteiger partial charge in [-0.15, -0.1) is 10.2 Å². The van der Waals surface area contributed by atoms with Crippen LogP contribution in [0.3, 0.4) is 0 Å². The third-order valence-electron chi connectivity index (χ3n) is 5.43. The minimum Gasteiger partial charge on any atom is -0.496 e. The number of carbonyl (C=O) groups is 1. The Morgan fingerprint density at radius 3 is 2.90 bits per heavy atom. The molecule has 4 rings (SSSR count). The second-order valence-electron chi connectivity index (χ2n) is 7.49. The minimum absolute atomic E-state index is 0.258. The van der Waals surface area contributed by atoms with E-state index in [4.69, 9.17) is 9.15 Å². The third kappa shape index (κ3) is 4.86. The lowest BCUT2D eigenvalue weighted by molar-refractivity contribution is 0.0909. The lowest BCUT2D eigenvalue weighted by Crippen LogP contribution is -2.30. The van der Waals surface area contributed by atoms with Crippen molar-refractivity contribution < 1.29 is 13.9 Å². The maximum Gasteiger partial charge on any atom is 0.287 e. The Bertz CT molecular complexity index is 1040. The minimum atomic E-state index is -0.268. The van der Waals surface area contributed by atoms with Crippen LogP contribution in [-0.4, -0.2) is 52.3 Å². The Hall–Kier alpha value is -3.39. The molecule has 0 spiro atoms. The molecule has 1 atom stereocenters. The molecule has 0 radical (unpaired) electrons. The molecule has 0 aliphatic carbocycles. The standard InChI is InChI=1S/C23H27N5O3/c1-17(24-23(29)20-10-6-16-31-20)22-26-25-21-11-13-27(14-15-28(21)22)12-5-8-18-7-3-4-9-19(18)30-2/h3-10,16-17H,11-15H2,1-2H3,(H,24,29)/b8-5+. The molecule has 0 bridgehead atoms. The number of carbonyl (C=O) groups excluding carboxylic acids is 1. The van der Waals surface area contributed by atoms with Gasteiger partial charge in [0.2, 0.25) is 0 Å². The van der Waals surface area contributed by atoms with Crippen LogP contribution in [0.25, 0.3) is 6.08 Å². The van der Waals surface area contributed by atoms with Crippen molar-refractivity contribution in [3.8, 4) is 5.75 Å². The van der Waals surface area contributed by atoms with Gasteiger partial charge < -0.3 is 19.0 Å². The van der Waals surface area contributed by atoms with Gasteiger partial charge >= 0.3 is 0 Å². The molecular weight excluding hydrogens is 394 g/mol. The van der Waals surface area contributed by atoms with Crippen molar-refractivity contribution in [1.29, 1.82) is 0 Å². The van der Waals surface area contributed by atoms with Gasteiger partial charge in [-0.1, -0.05) is 30.4 Å². The molecule has 1 amide bonds. The quantitative estimate of drug-likeness (QED) is 0.631. The summed E-state index contributed by atoms with van der Waals surface area (Å²) in [5.74, 6) is 2.62. The highest BCUT2D eigenvalue weighted by Crippen LogP contribution is 2.19. The first-order valence-electron chi connectivity index (χ1n) is 10.4. The number of amides is 1. The number of benzene rings is 1. The van der Waals surface area contributed by atoms with Crippen LogP contribution in [-0.2, 0) is 13.0 Å². The fraction of sp³-hybridized carbons (Fsp3) is 0.348. The van der Waals surface area contributed by atoms with Crippen molar-refractivity contribution in [2.24, 2.45) is 0 Å². The fourth-order valence-electron chi connectivity index (χ4n) is 3.76. The maximum atomic E-state index is 12.3. The Balaban J connectivity index is 1.36.